The van der Waals surface area contributed by atoms with Crippen LogP contribution in [0, 0.1) is 0 Å². The Kier molecular flexibility index (Phi) is 9.68. The molecule has 1 saturated carbocycles. The third kappa shape index (κ3) is 7.73. The normalized spacial score (nSPS) is 19.8. The molecule has 0 amide bonds. The zero-order chi connectivity index (χ0) is 26.2. The molecule has 0 saturated heterocycles. The number of aromatic nitrogens is 2. The summed E-state index contributed by atoms with van der Waals surface area (Å²) in [5.41, 5.74) is 6.99. The molecule has 0 aliphatic heterocycles. The van der Waals surface area contributed by atoms with E-state index in [1.54, 1.807) is 18.0 Å². The molecular formula is C25H34F3N7. The summed E-state index contributed by atoms with van der Waals surface area (Å²) in [5, 5.41) is 10.5. The third-order valence-electron chi connectivity index (χ3n) is 5.69. The molecule has 1 aromatic rings. The number of halogens is 3. The van der Waals surface area contributed by atoms with E-state index in [0.717, 1.165) is 44.4 Å². The van der Waals surface area contributed by atoms with Gasteiger partial charge >= 0.3 is 6.18 Å². The quantitative estimate of drug-likeness (QED) is 0.232. The lowest BCUT2D eigenvalue weighted by atomic mass is 10.0. The molecule has 1 aliphatic carbocycles. The predicted octanol–water partition coefficient (Wildman–Crippen LogP) is 5.79. The molecule has 2 unspecified atom stereocenters. The summed E-state index contributed by atoms with van der Waals surface area (Å²) in [6, 6.07) is 1.89. The monoisotopic (exact) mass is 489 g/mol. The van der Waals surface area contributed by atoms with Gasteiger partial charge in [-0.1, -0.05) is 32.7 Å². The number of hydrogen-bond donors (Lipinski definition) is 3. The number of nitrogens with one attached hydrogen (secondary N) is 2. The van der Waals surface area contributed by atoms with Gasteiger partial charge < -0.3 is 16.0 Å². The summed E-state index contributed by atoms with van der Waals surface area (Å²) in [7, 11) is 1.66. The van der Waals surface area contributed by atoms with Gasteiger partial charge in [-0.25, -0.2) is 4.99 Å². The van der Waals surface area contributed by atoms with E-state index >= 15 is 0 Å². The first-order valence-corrected chi connectivity index (χ1v) is 11.3. The van der Waals surface area contributed by atoms with Crippen molar-refractivity contribution in [3.05, 3.63) is 72.8 Å². The minimum absolute atomic E-state index is 0.0427. The molecule has 1 fully saturated rings. The van der Waals surface area contributed by atoms with Gasteiger partial charge in [0.15, 0.2) is 5.82 Å². The van der Waals surface area contributed by atoms with Gasteiger partial charge in [-0.15, -0.1) is 0 Å². The molecule has 1 aliphatic rings. The zero-order valence-corrected chi connectivity index (χ0v) is 20.5. The van der Waals surface area contributed by atoms with Crippen molar-refractivity contribution in [1.82, 2.24) is 15.1 Å². The molecular weight excluding hydrogens is 455 g/mol. The molecule has 2 atom stereocenters. The smallest absolute Gasteiger partial charge is 0.369 e. The van der Waals surface area contributed by atoms with E-state index in [-0.39, 0.29) is 23.6 Å². The molecule has 7 nitrogen and oxygen atoms in total. The molecule has 10 heteroatoms. The van der Waals surface area contributed by atoms with E-state index in [1.165, 1.54) is 0 Å². The van der Waals surface area contributed by atoms with Crippen molar-refractivity contribution in [2.24, 2.45) is 15.7 Å². The number of nitrogens with two attached hydrogens (primary N) is 1. The van der Waals surface area contributed by atoms with E-state index < -0.39 is 11.7 Å². The molecule has 0 radical (unpaired) electrons. The Morgan fingerprint density at radius 2 is 2.09 bits per heavy atom. The molecule has 4 N–H and O–H groups in total. The summed E-state index contributed by atoms with van der Waals surface area (Å²) < 4.78 is 38.7. The highest BCUT2D eigenvalue weighted by molar-refractivity contribution is 6.02. The molecule has 0 aromatic carbocycles. The fraction of sp³-hybridized carbons (Fsp3) is 0.400. The van der Waals surface area contributed by atoms with Gasteiger partial charge in [0.2, 0.25) is 5.96 Å². The Morgan fingerprint density at radius 1 is 1.37 bits per heavy atom. The second kappa shape index (κ2) is 12.2. The fourth-order valence-corrected chi connectivity index (χ4v) is 3.88. The molecule has 190 valence electrons. The fourth-order valence-electron chi connectivity index (χ4n) is 3.88. The van der Waals surface area contributed by atoms with E-state index in [2.05, 4.69) is 45.2 Å². The topological polar surface area (TPSA) is 94.7 Å². The van der Waals surface area contributed by atoms with Crippen LogP contribution >= 0.6 is 0 Å². The van der Waals surface area contributed by atoms with Crippen LogP contribution in [0.4, 0.5) is 19.0 Å². The average Bonchev–Trinajstić information content (AvgIpc) is 3.45. The van der Waals surface area contributed by atoms with E-state index in [9.17, 15) is 13.2 Å². The largest absolute Gasteiger partial charge is 0.412 e. The van der Waals surface area contributed by atoms with Crippen LogP contribution in [0.5, 0.6) is 0 Å². The highest BCUT2D eigenvalue weighted by Crippen LogP contribution is 2.38. The lowest BCUT2D eigenvalue weighted by Crippen LogP contribution is -2.42. The van der Waals surface area contributed by atoms with Gasteiger partial charge in [0.1, 0.15) is 5.84 Å². The minimum atomic E-state index is -4.45. The van der Waals surface area contributed by atoms with Crippen molar-refractivity contribution < 1.29 is 13.2 Å². The maximum Gasteiger partial charge on any atom is 0.412 e. The lowest BCUT2D eigenvalue weighted by molar-refractivity contribution is -0.0913. The first kappa shape index (κ1) is 27.7. The number of aliphatic imine (C=N–C) groups is 2. The molecule has 1 heterocycles. The van der Waals surface area contributed by atoms with Crippen molar-refractivity contribution in [3.8, 4) is 0 Å². The number of hydrogen-bond acceptors (Lipinski definition) is 3. The number of anilines is 1. The average molecular weight is 490 g/mol. The van der Waals surface area contributed by atoms with Crippen LogP contribution in [0.1, 0.15) is 51.1 Å². The molecule has 1 aromatic heterocycles. The number of allylic oxidation sites excluding steroid dienone is 4. The first-order valence-electron chi connectivity index (χ1n) is 11.3. The number of guanidine groups is 1. The lowest BCUT2D eigenvalue weighted by Gasteiger charge is -2.30. The van der Waals surface area contributed by atoms with Gasteiger partial charge in [0.25, 0.3) is 0 Å². The highest BCUT2D eigenvalue weighted by Gasteiger charge is 2.33. The maximum atomic E-state index is 12.9. The number of amidine groups is 1. The molecule has 2 rings (SSSR count). The summed E-state index contributed by atoms with van der Waals surface area (Å²) in [6.45, 7) is 14.4. The third-order valence-corrected chi connectivity index (χ3v) is 5.69. The van der Waals surface area contributed by atoms with Gasteiger partial charge in [-0.05, 0) is 50.8 Å². The molecule has 0 spiro atoms. The Hall–Kier alpha value is -3.56. The molecule has 35 heavy (non-hydrogen) atoms. The standard InChI is InChI=1S/C25H34F3N7/c1-7-9-10-18(5)35(24(29)31-17(4)13-16(3)25(26,27)28)20-12-11-19(14-20)21-15-23(34-33-21)32-22(8-2)30-6/h8-10,13,15,19-20H,2,4-5,7,11-12,14H2,1,3,6H3,(H2,29,31)(H2,30,32,33,34)/b10-9-,16-13+. The number of rotatable bonds is 9. The van der Waals surface area contributed by atoms with Crippen LogP contribution in [-0.2, 0) is 0 Å². The van der Waals surface area contributed by atoms with Crippen molar-refractivity contribution in [3.63, 3.8) is 0 Å². The van der Waals surface area contributed by atoms with Crippen LogP contribution in [0.15, 0.2) is 77.1 Å². The van der Waals surface area contributed by atoms with Gasteiger partial charge in [-0.3, -0.25) is 10.1 Å². The van der Waals surface area contributed by atoms with Crippen LogP contribution in [0.25, 0.3) is 0 Å². The zero-order valence-electron chi connectivity index (χ0n) is 20.5. The number of H-pyrrole nitrogens is 1. The Morgan fingerprint density at radius 3 is 2.69 bits per heavy atom. The minimum Gasteiger partial charge on any atom is -0.369 e. The number of alkyl halides is 3. The summed E-state index contributed by atoms with van der Waals surface area (Å²) >= 11 is 0. The first-order chi connectivity index (χ1) is 16.5. The second-order valence-electron chi connectivity index (χ2n) is 8.27. The number of aromatic amines is 1. The summed E-state index contributed by atoms with van der Waals surface area (Å²) in [4.78, 5) is 10.0. The van der Waals surface area contributed by atoms with Gasteiger partial charge in [0.05, 0.1) is 5.70 Å². The Bertz CT molecular complexity index is 1040. The van der Waals surface area contributed by atoms with E-state index in [0.29, 0.717) is 17.4 Å². The summed E-state index contributed by atoms with van der Waals surface area (Å²) in [5.74, 6) is 1.49. The maximum absolute atomic E-state index is 12.9. The molecule has 0 bridgehead atoms. The van der Waals surface area contributed by atoms with Crippen molar-refractivity contribution in [2.45, 2.75) is 57.7 Å². The Balaban J connectivity index is 2.24. The highest BCUT2D eigenvalue weighted by atomic mass is 19.4. The summed E-state index contributed by atoms with van der Waals surface area (Å²) in [6.07, 6.45) is 5.01. The van der Waals surface area contributed by atoms with E-state index in [1.807, 2.05) is 25.1 Å². The van der Waals surface area contributed by atoms with Crippen LogP contribution < -0.4 is 11.1 Å². The van der Waals surface area contributed by atoms with E-state index in [4.69, 9.17) is 5.73 Å². The van der Waals surface area contributed by atoms with Crippen molar-refractivity contribution in [2.75, 3.05) is 12.4 Å². The van der Waals surface area contributed by atoms with Crippen molar-refractivity contribution in [1.29, 1.82) is 0 Å². The van der Waals surface area contributed by atoms with Crippen LogP contribution in [-0.4, -0.2) is 46.2 Å². The second-order valence-corrected chi connectivity index (χ2v) is 8.27. The van der Waals surface area contributed by atoms with Crippen LogP contribution in [0.2, 0.25) is 0 Å². The SMILES string of the molecule is C=CC(=NC)Nc1cc(C2CCC(N(C(=C)/C=C\CC)C(N)=NC(=C)/C=C(\C)C(F)(F)F)C2)[nH]n1. The Labute approximate surface area is 204 Å². The van der Waals surface area contributed by atoms with Gasteiger partial charge in [-0.2, -0.15) is 18.3 Å². The van der Waals surface area contributed by atoms with Crippen molar-refractivity contribution >= 4 is 17.6 Å². The predicted molar refractivity (Wildman–Crippen MR) is 137 cm³/mol. The number of nitrogens with zero attached hydrogens (tertiary/aromatic N) is 4. The van der Waals surface area contributed by atoms with Gasteiger partial charge in [0, 0.05) is 42.0 Å². The van der Waals surface area contributed by atoms with Crippen LogP contribution in [0.3, 0.4) is 0 Å².